The molecule has 0 saturated carbocycles. The van der Waals surface area contributed by atoms with E-state index < -0.39 is 0 Å². The van der Waals surface area contributed by atoms with Crippen LogP contribution in [0.1, 0.15) is 0 Å². The van der Waals surface area contributed by atoms with E-state index in [4.69, 9.17) is 5.11 Å². The molecule has 0 bridgehead atoms. The first-order chi connectivity index (χ1) is 8.28. The zero-order chi connectivity index (χ0) is 12.9. The largest absolute Gasteiger partial charge is 0.396 e. The standard InChI is InChI=1S/C10H22OS6/c11-1-3-15-7-9(5-13)17-10(6-14)8-16-4-2-12/h9-14H,1-8H2. The van der Waals surface area contributed by atoms with Gasteiger partial charge >= 0.3 is 0 Å². The van der Waals surface area contributed by atoms with Gasteiger partial charge in [0.1, 0.15) is 0 Å². The second-order valence-corrected chi connectivity index (χ2v) is 8.42. The molecule has 0 fully saturated rings. The normalized spacial score (nSPS) is 14.8. The zero-order valence-corrected chi connectivity index (χ0v) is 15.0. The quantitative estimate of drug-likeness (QED) is 0.320. The minimum Gasteiger partial charge on any atom is -0.396 e. The van der Waals surface area contributed by atoms with E-state index in [1.165, 1.54) is 0 Å². The van der Waals surface area contributed by atoms with Crippen molar-refractivity contribution in [3.05, 3.63) is 0 Å². The molecular formula is C10H22OS6. The Morgan fingerprint density at radius 1 is 0.882 bits per heavy atom. The molecule has 0 aromatic rings. The van der Waals surface area contributed by atoms with E-state index in [2.05, 4.69) is 37.9 Å². The van der Waals surface area contributed by atoms with Crippen LogP contribution in [0.25, 0.3) is 0 Å². The highest BCUT2D eigenvalue weighted by molar-refractivity contribution is 8.06. The summed E-state index contributed by atoms with van der Waals surface area (Å²) in [5, 5.41) is 9.91. The van der Waals surface area contributed by atoms with Crippen LogP contribution < -0.4 is 0 Å². The van der Waals surface area contributed by atoms with Gasteiger partial charge in [0.25, 0.3) is 0 Å². The first-order valence-electron chi connectivity index (χ1n) is 5.52. The highest BCUT2D eigenvalue weighted by Crippen LogP contribution is 2.26. The number of aliphatic hydroxyl groups is 1. The monoisotopic (exact) mass is 350 g/mol. The molecule has 2 atom stereocenters. The first kappa shape index (κ1) is 19.1. The molecule has 0 aromatic heterocycles. The average Bonchev–Trinajstić information content (AvgIpc) is 2.36. The van der Waals surface area contributed by atoms with Gasteiger partial charge < -0.3 is 5.11 Å². The van der Waals surface area contributed by atoms with E-state index in [9.17, 15) is 0 Å². The van der Waals surface area contributed by atoms with Crippen molar-refractivity contribution in [2.75, 3.05) is 46.9 Å². The van der Waals surface area contributed by atoms with Gasteiger partial charge in [-0.05, 0) is 5.75 Å². The van der Waals surface area contributed by atoms with E-state index in [1.54, 1.807) is 11.8 Å². The summed E-state index contributed by atoms with van der Waals surface area (Å²) >= 11 is 18.8. The Hall–Kier alpha value is 2.06. The molecule has 104 valence electrons. The number of aliphatic hydroxyl groups excluding tert-OH is 1. The molecule has 0 rings (SSSR count). The average molecular weight is 351 g/mol. The van der Waals surface area contributed by atoms with Crippen LogP contribution in [0.4, 0.5) is 0 Å². The number of thioether (sulfide) groups is 3. The molecule has 0 spiro atoms. The molecule has 1 N–H and O–H groups in total. The summed E-state index contributed by atoms with van der Waals surface area (Å²) in [6.07, 6.45) is 0. The maximum absolute atomic E-state index is 8.75. The fourth-order valence-corrected chi connectivity index (χ4v) is 5.89. The van der Waals surface area contributed by atoms with Crippen LogP contribution in [0.2, 0.25) is 0 Å². The minimum absolute atomic E-state index is 0.266. The fourth-order valence-electron chi connectivity index (χ4n) is 1.10. The van der Waals surface area contributed by atoms with Gasteiger partial charge in [-0.2, -0.15) is 73.2 Å². The smallest absolute Gasteiger partial charge is 0.0521 e. The van der Waals surface area contributed by atoms with Crippen molar-refractivity contribution < 1.29 is 5.11 Å². The molecule has 0 amide bonds. The van der Waals surface area contributed by atoms with Gasteiger partial charge in [0.05, 0.1) is 6.61 Å². The van der Waals surface area contributed by atoms with Gasteiger partial charge in [0.15, 0.2) is 0 Å². The van der Waals surface area contributed by atoms with E-state index in [0.29, 0.717) is 10.5 Å². The molecule has 0 aliphatic heterocycles. The van der Waals surface area contributed by atoms with E-state index in [0.717, 1.165) is 40.3 Å². The maximum atomic E-state index is 8.75. The van der Waals surface area contributed by atoms with Gasteiger partial charge in [-0.25, -0.2) is 0 Å². The lowest BCUT2D eigenvalue weighted by Gasteiger charge is -2.20. The van der Waals surface area contributed by atoms with E-state index >= 15 is 0 Å². The van der Waals surface area contributed by atoms with Crippen LogP contribution in [-0.2, 0) is 0 Å². The van der Waals surface area contributed by atoms with Gasteiger partial charge in [-0.15, -0.1) is 0 Å². The summed E-state index contributed by atoms with van der Waals surface area (Å²) in [5.74, 6) is 6.89. The molecule has 0 heterocycles. The van der Waals surface area contributed by atoms with Crippen molar-refractivity contribution in [1.29, 1.82) is 0 Å². The molecule has 17 heavy (non-hydrogen) atoms. The van der Waals surface area contributed by atoms with Crippen LogP contribution in [-0.4, -0.2) is 62.5 Å². The molecule has 0 aromatic carbocycles. The van der Waals surface area contributed by atoms with Gasteiger partial charge in [-0.1, -0.05) is 0 Å². The van der Waals surface area contributed by atoms with Crippen LogP contribution in [0.3, 0.4) is 0 Å². The van der Waals surface area contributed by atoms with Crippen molar-refractivity contribution in [3.8, 4) is 0 Å². The summed E-state index contributed by atoms with van der Waals surface area (Å²) in [6.45, 7) is 0.266. The summed E-state index contributed by atoms with van der Waals surface area (Å²) in [7, 11) is 0. The van der Waals surface area contributed by atoms with Crippen LogP contribution in [0.5, 0.6) is 0 Å². The Kier molecular flexibility index (Phi) is 16.2. The Morgan fingerprint density at radius 2 is 1.41 bits per heavy atom. The number of rotatable bonds is 12. The maximum Gasteiger partial charge on any atom is 0.0521 e. The number of hydrogen-bond donors (Lipinski definition) is 4. The van der Waals surface area contributed by atoms with Crippen molar-refractivity contribution in [1.82, 2.24) is 0 Å². The summed E-state index contributed by atoms with van der Waals surface area (Å²) in [4.78, 5) is 0. The third-order valence-electron chi connectivity index (χ3n) is 1.87. The molecule has 0 saturated heterocycles. The molecule has 0 radical (unpaired) electrons. The first-order valence-corrected chi connectivity index (χ1v) is 10.7. The Labute approximate surface area is 135 Å². The molecular weight excluding hydrogens is 329 g/mol. The lowest BCUT2D eigenvalue weighted by molar-refractivity contribution is 0.322. The lowest BCUT2D eigenvalue weighted by Crippen LogP contribution is -2.19. The van der Waals surface area contributed by atoms with Gasteiger partial charge in [0.2, 0.25) is 0 Å². The second kappa shape index (κ2) is 14.5. The third-order valence-corrected chi connectivity index (χ3v) is 7.87. The number of thiol groups is 3. The summed E-state index contributed by atoms with van der Waals surface area (Å²) in [5.41, 5.74) is 0. The third kappa shape index (κ3) is 11.6. The molecule has 2 unspecified atom stereocenters. The second-order valence-electron chi connectivity index (χ2n) is 3.34. The summed E-state index contributed by atoms with van der Waals surface area (Å²) < 4.78 is 0. The van der Waals surface area contributed by atoms with E-state index in [-0.39, 0.29) is 6.61 Å². The highest BCUT2D eigenvalue weighted by atomic mass is 32.2. The van der Waals surface area contributed by atoms with Crippen molar-refractivity contribution in [3.63, 3.8) is 0 Å². The Morgan fingerprint density at radius 3 is 1.82 bits per heavy atom. The van der Waals surface area contributed by atoms with Crippen molar-refractivity contribution in [2.24, 2.45) is 0 Å². The number of hydrogen-bond acceptors (Lipinski definition) is 7. The minimum atomic E-state index is 0.266. The van der Waals surface area contributed by atoms with Crippen molar-refractivity contribution >= 4 is 73.2 Å². The molecule has 0 aliphatic rings. The van der Waals surface area contributed by atoms with Crippen LogP contribution >= 0.6 is 73.2 Å². The van der Waals surface area contributed by atoms with Gasteiger partial charge in [-0.3, -0.25) is 0 Å². The van der Waals surface area contributed by atoms with Gasteiger partial charge in [0, 0.05) is 45.0 Å². The highest BCUT2D eigenvalue weighted by Gasteiger charge is 2.15. The van der Waals surface area contributed by atoms with Crippen LogP contribution in [0.15, 0.2) is 0 Å². The van der Waals surface area contributed by atoms with Crippen LogP contribution in [0, 0.1) is 0 Å². The Bertz CT molecular complexity index is 144. The molecule has 1 nitrogen and oxygen atoms in total. The SMILES string of the molecule is OCCSCC(CS)SC(CS)CSCCS. The van der Waals surface area contributed by atoms with Crippen molar-refractivity contribution in [2.45, 2.75) is 10.5 Å². The summed E-state index contributed by atoms with van der Waals surface area (Å²) in [6, 6.07) is 0. The lowest BCUT2D eigenvalue weighted by atomic mass is 10.5. The fraction of sp³-hybridized carbons (Fsp3) is 1.00. The predicted octanol–water partition coefficient (Wildman–Crippen LogP) is 2.70. The zero-order valence-electron chi connectivity index (χ0n) is 9.83. The Balaban J connectivity index is 3.77. The predicted molar refractivity (Wildman–Crippen MR) is 98.5 cm³/mol. The molecule has 0 aliphatic carbocycles. The topological polar surface area (TPSA) is 20.2 Å². The molecule has 7 heteroatoms. The van der Waals surface area contributed by atoms with E-state index in [1.807, 2.05) is 23.5 Å².